The third-order valence-electron chi connectivity index (χ3n) is 2.61. The fourth-order valence-electron chi connectivity index (χ4n) is 1.67. The maximum absolute atomic E-state index is 10.7. The molecule has 0 aliphatic rings. The van der Waals surface area contributed by atoms with Gasteiger partial charge in [0, 0.05) is 30.2 Å². The summed E-state index contributed by atoms with van der Waals surface area (Å²) in [4.78, 5) is 10.7. The molecule has 3 nitrogen and oxygen atoms in total. The zero-order valence-corrected chi connectivity index (χ0v) is 10.4. The van der Waals surface area contributed by atoms with E-state index in [9.17, 15) is 4.79 Å². The first-order valence-electron chi connectivity index (χ1n) is 5.89. The monoisotopic (exact) mass is 242 g/mol. The van der Waals surface area contributed by atoms with E-state index in [4.69, 9.17) is 4.74 Å². The van der Waals surface area contributed by atoms with Gasteiger partial charge in [-0.3, -0.25) is 4.79 Å². The molecule has 1 aromatic carbocycles. The Bertz CT molecular complexity index is 506. The lowest BCUT2D eigenvalue weighted by Gasteiger charge is -2.01. The largest absolute Gasteiger partial charge is 0.461 e. The Morgan fingerprint density at radius 3 is 2.33 bits per heavy atom. The molecule has 0 bridgehead atoms. The van der Waals surface area contributed by atoms with Crippen molar-refractivity contribution in [3.63, 3.8) is 0 Å². The Kier molecular flexibility index (Phi) is 4.07. The number of carbonyl (C=O) groups excluding carboxylic acids is 1. The van der Waals surface area contributed by atoms with Gasteiger partial charge < -0.3 is 4.74 Å². The van der Waals surface area contributed by atoms with E-state index >= 15 is 0 Å². The Morgan fingerprint density at radius 1 is 1.06 bits per heavy atom. The molecule has 0 saturated heterocycles. The molecule has 0 fully saturated rings. The molecular formula is C15H16NO2+. The van der Waals surface area contributed by atoms with Gasteiger partial charge >= 0.3 is 5.97 Å². The van der Waals surface area contributed by atoms with Gasteiger partial charge in [0.15, 0.2) is 18.9 Å². The molecule has 2 rings (SSSR count). The quantitative estimate of drug-likeness (QED) is 0.607. The first-order valence-corrected chi connectivity index (χ1v) is 5.89. The molecule has 92 valence electrons. The lowest BCUT2D eigenvalue weighted by molar-refractivity contribution is -0.688. The lowest BCUT2D eigenvalue weighted by Crippen LogP contribution is -2.33. The van der Waals surface area contributed by atoms with Crippen LogP contribution in [-0.4, -0.2) is 5.97 Å². The van der Waals surface area contributed by atoms with E-state index in [0.29, 0.717) is 6.61 Å². The van der Waals surface area contributed by atoms with E-state index in [2.05, 4.69) is 16.7 Å². The molecule has 1 aromatic heterocycles. The van der Waals surface area contributed by atoms with Gasteiger partial charge in [0.25, 0.3) is 0 Å². The van der Waals surface area contributed by atoms with Gasteiger partial charge in [-0.2, -0.15) is 0 Å². The smallest absolute Gasteiger partial charge is 0.302 e. The second-order valence-corrected chi connectivity index (χ2v) is 4.14. The molecule has 0 saturated carbocycles. The van der Waals surface area contributed by atoms with Crippen molar-refractivity contribution in [1.29, 1.82) is 0 Å². The first kappa shape index (κ1) is 12.3. The van der Waals surface area contributed by atoms with Crippen LogP contribution in [0.4, 0.5) is 0 Å². The van der Waals surface area contributed by atoms with E-state index in [-0.39, 0.29) is 5.97 Å². The minimum absolute atomic E-state index is 0.254. The summed E-state index contributed by atoms with van der Waals surface area (Å²) < 4.78 is 7.03. The van der Waals surface area contributed by atoms with E-state index in [1.165, 1.54) is 12.5 Å². The maximum Gasteiger partial charge on any atom is 0.302 e. The third kappa shape index (κ3) is 3.70. The molecule has 0 spiro atoms. The summed E-state index contributed by atoms with van der Waals surface area (Å²) in [5.74, 6) is -0.254. The highest BCUT2D eigenvalue weighted by atomic mass is 16.5. The average Bonchev–Trinajstić information content (AvgIpc) is 2.39. The molecule has 0 aliphatic carbocycles. The van der Waals surface area contributed by atoms with Crippen LogP contribution >= 0.6 is 0 Å². The molecule has 0 N–H and O–H groups in total. The van der Waals surface area contributed by atoms with Crippen LogP contribution in [0.1, 0.15) is 18.1 Å². The van der Waals surface area contributed by atoms with Gasteiger partial charge in [-0.25, -0.2) is 4.57 Å². The molecule has 1 heterocycles. The van der Waals surface area contributed by atoms with E-state index in [1.807, 2.05) is 42.7 Å². The highest BCUT2D eigenvalue weighted by Crippen LogP contribution is 2.00. The fourth-order valence-corrected chi connectivity index (χ4v) is 1.67. The van der Waals surface area contributed by atoms with Crippen molar-refractivity contribution >= 4 is 5.97 Å². The Labute approximate surface area is 107 Å². The number of carbonyl (C=O) groups is 1. The van der Waals surface area contributed by atoms with E-state index in [1.54, 1.807) is 0 Å². The van der Waals surface area contributed by atoms with Crippen LogP contribution in [0.15, 0.2) is 54.9 Å². The molecule has 0 atom stereocenters. The predicted molar refractivity (Wildman–Crippen MR) is 67.7 cm³/mol. The second kappa shape index (κ2) is 5.96. The number of hydrogen-bond donors (Lipinski definition) is 0. The number of rotatable bonds is 4. The zero-order chi connectivity index (χ0) is 12.8. The number of ether oxygens (including phenoxy) is 1. The second-order valence-electron chi connectivity index (χ2n) is 4.14. The highest BCUT2D eigenvalue weighted by Gasteiger charge is 2.03. The highest BCUT2D eigenvalue weighted by molar-refractivity contribution is 5.65. The van der Waals surface area contributed by atoms with Crippen LogP contribution < -0.4 is 4.57 Å². The maximum atomic E-state index is 10.7. The van der Waals surface area contributed by atoms with Crippen molar-refractivity contribution in [3.05, 3.63) is 66.0 Å². The summed E-state index contributed by atoms with van der Waals surface area (Å²) >= 11 is 0. The van der Waals surface area contributed by atoms with Gasteiger partial charge in [-0.05, 0) is 0 Å². The number of hydrogen-bond acceptors (Lipinski definition) is 2. The Hall–Kier alpha value is -2.16. The number of aromatic nitrogens is 1. The summed E-state index contributed by atoms with van der Waals surface area (Å²) in [6.45, 7) is 2.59. The van der Waals surface area contributed by atoms with Crippen molar-refractivity contribution in [2.75, 3.05) is 0 Å². The molecule has 0 aliphatic heterocycles. The van der Waals surface area contributed by atoms with Gasteiger partial charge in [-0.15, -0.1) is 0 Å². The fraction of sp³-hybridized carbons (Fsp3) is 0.200. The summed E-state index contributed by atoms with van der Waals surface area (Å²) in [5, 5.41) is 0. The topological polar surface area (TPSA) is 30.2 Å². The first-order chi connectivity index (χ1) is 8.74. The summed E-state index contributed by atoms with van der Waals surface area (Å²) in [6, 6.07) is 14.2. The number of nitrogens with zero attached hydrogens (tertiary/aromatic N) is 1. The number of benzene rings is 1. The van der Waals surface area contributed by atoms with Crippen molar-refractivity contribution in [3.8, 4) is 0 Å². The molecule has 0 radical (unpaired) electrons. The van der Waals surface area contributed by atoms with Gasteiger partial charge in [0.05, 0.1) is 0 Å². The molecule has 18 heavy (non-hydrogen) atoms. The molecule has 2 aromatic rings. The SMILES string of the molecule is CC(=O)OCc1cc[n+](Cc2ccccc2)cc1. The predicted octanol–water partition coefficient (Wildman–Crippen LogP) is 2.09. The van der Waals surface area contributed by atoms with Gasteiger partial charge in [-0.1, -0.05) is 30.3 Å². The van der Waals surface area contributed by atoms with Gasteiger partial charge in [0.1, 0.15) is 6.61 Å². The van der Waals surface area contributed by atoms with Crippen LogP contribution in [0, 0.1) is 0 Å². The Balaban J connectivity index is 1.97. The average molecular weight is 242 g/mol. The van der Waals surface area contributed by atoms with Crippen molar-refractivity contribution in [2.45, 2.75) is 20.1 Å². The van der Waals surface area contributed by atoms with E-state index in [0.717, 1.165) is 12.1 Å². The standard InChI is InChI=1S/C15H16NO2/c1-13(17)18-12-15-7-9-16(10-8-15)11-14-5-3-2-4-6-14/h2-10H,11-12H2,1H3/q+1. The zero-order valence-electron chi connectivity index (χ0n) is 10.4. The normalized spacial score (nSPS) is 10.1. The third-order valence-corrected chi connectivity index (χ3v) is 2.61. The summed E-state index contributed by atoms with van der Waals surface area (Å²) in [7, 11) is 0. The summed E-state index contributed by atoms with van der Waals surface area (Å²) in [6.07, 6.45) is 3.98. The number of pyridine rings is 1. The van der Waals surface area contributed by atoms with Gasteiger partial charge in [0.2, 0.25) is 0 Å². The molecule has 0 unspecified atom stereocenters. The van der Waals surface area contributed by atoms with Crippen LogP contribution in [-0.2, 0) is 22.7 Å². The molecular weight excluding hydrogens is 226 g/mol. The van der Waals surface area contributed by atoms with Crippen molar-refractivity contribution in [2.24, 2.45) is 0 Å². The van der Waals surface area contributed by atoms with Crippen molar-refractivity contribution in [1.82, 2.24) is 0 Å². The van der Waals surface area contributed by atoms with Crippen LogP contribution in [0.25, 0.3) is 0 Å². The van der Waals surface area contributed by atoms with Crippen LogP contribution in [0.3, 0.4) is 0 Å². The van der Waals surface area contributed by atoms with Crippen molar-refractivity contribution < 1.29 is 14.1 Å². The lowest BCUT2D eigenvalue weighted by atomic mass is 10.2. The molecule has 0 amide bonds. The van der Waals surface area contributed by atoms with Crippen LogP contribution in [0.2, 0.25) is 0 Å². The number of esters is 1. The molecule has 3 heteroatoms. The van der Waals surface area contributed by atoms with Crippen LogP contribution in [0.5, 0.6) is 0 Å². The summed E-state index contributed by atoms with van der Waals surface area (Å²) in [5.41, 5.74) is 2.25. The minimum atomic E-state index is -0.254. The van der Waals surface area contributed by atoms with E-state index < -0.39 is 0 Å². The Morgan fingerprint density at radius 2 is 1.72 bits per heavy atom. The minimum Gasteiger partial charge on any atom is -0.461 e.